The van der Waals surface area contributed by atoms with Crippen LogP contribution in [0.4, 0.5) is 5.95 Å². The lowest BCUT2D eigenvalue weighted by atomic mass is 10.1. The van der Waals surface area contributed by atoms with Crippen molar-refractivity contribution in [2.24, 2.45) is 0 Å². The molecule has 0 fully saturated rings. The van der Waals surface area contributed by atoms with E-state index in [1.807, 2.05) is 48.5 Å². The summed E-state index contributed by atoms with van der Waals surface area (Å²) in [5.41, 5.74) is 8.07. The predicted octanol–water partition coefficient (Wildman–Crippen LogP) is 6.12. The molecule has 0 unspecified atom stereocenters. The summed E-state index contributed by atoms with van der Waals surface area (Å²) in [6.07, 6.45) is 0. The molecule has 144 valence electrons. The normalized spacial score (nSPS) is 10.7. The van der Waals surface area contributed by atoms with Gasteiger partial charge in [0.05, 0.1) is 21.8 Å². The highest BCUT2D eigenvalue weighted by Crippen LogP contribution is 2.29. The zero-order valence-corrected chi connectivity index (χ0v) is 17.9. The van der Waals surface area contributed by atoms with Gasteiger partial charge in [0.2, 0.25) is 5.95 Å². The van der Waals surface area contributed by atoms with Crippen molar-refractivity contribution in [2.45, 2.75) is 0 Å². The van der Waals surface area contributed by atoms with Crippen LogP contribution in [-0.2, 0) is 0 Å². The Morgan fingerprint density at radius 2 is 1.72 bits per heavy atom. The molecule has 4 rings (SSSR count). The average Bonchev–Trinajstić information content (AvgIpc) is 2.71. The molecule has 1 aromatic heterocycles. The van der Waals surface area contributed by atoms with Gasteiger partial charge in [0.15, 0.2) is 0 Å². The van der Waals surface area contributed by atoms with Gasteiger partial charge < -0.3 is 0 Å². The number of nitrogens with zero attached hydrogens (tertiary/aromatic N) is 2. The third-order valence-corrected chi connectivity index (χ3v) is 5.21. The number of halogens is 3. The molecule has 0 aliphatic heterocycles. The van der Waals surface area contributed by atoms with E-state index in [1.54, 1.807) is 12.1 Å². The molecule has 4 aromatic rings. The quantitative estimate of drug-likeness (QED) is 0.340. The topological polar surface area (TPSA) is 66.9 Å². The first-order chi connectivity index (χ1) is 14.0. The van der Waals surface area contributed by atoms with E-state index in [2.05, 4.69) is 36.7 Å². The summed E-state index contributed by atoms with van der Waals surface area (Å²) in [6, 6.07) is 20.2. The number of rotatable bonds is 4. The molecule has 0 aliphatic carbocycles. The van der Waals surface area contributed by atoms with Gasteiger partial charge in [0.25, 0.3) is 5.91 Å². The molecule has 0 spiro atoms. The summed E-state index contributed by atoms with van der Waals surface area (Å²) in [5.74, 6) is -0.168. The van der Waals surface area contributed by atoms with Gasteiger partial charge in [-0.05, 0) is 36.4 Å². The standard InChI is InChI=1S/C21H13BrCl2N4O/c22-13-6-8-16-18(10-13)25-21(26-19(16)12-4-2-1-3-5-12)28-27-20(29)15-9-7-14(23)11-17(15)24/h1-11H,(H,27,29)(H,25,26,28). The van der Waals surface area contributed by atoms with Gasteiger partial charge in [0.1, 0.15) is 0 Å². The van der Waals surface area contributed by atoms with Crippen LogP contribution in [0.15, 0.2) is 71.2 Å². The lowest BCUT2D eigenvalue weighted by Gasteiger charge is -2.12. The largest absolute Gasteiger partial charge is 0.271 e. The summed E-state index contributed by atoms with van der Waals surface area (Å²) in [4.78, 5) is 21.6. The summed E-state index contributed by atoms with van der Waals surface area (Å²) < 4.78 is 0.894. The highest BCUT2D eigenvalue weighted by atomic mass is 79.9. The first-order valence-corrected chi connectivity index (χ1v) is 10.1. The molecule has 1 amide bonds. The Labute approximate surface area is 185 Å². The second-order valence-corrected chi connectivity index (χ2v) is 7.89. The van der Waals surface area contributed by atoms with E-state index in [1.165, 1.54) is 6.07 Å². The number of benzene rings is 3. The summed E-state index contributed by atoms with van der Waals surface area (Å²) in [5, 5.41) is 1.61. The van der Waals surface area contributed by atoms with Crippen LogP contribution < -0.4 is 10.9 Å². The van der Waals surface area contributed by atoms with Crippen LogP contribution in [-0.4, -0.2) is 15.9 Å². The summed E-state index contributed by atoms with van der Waals surface area (Å²) in [7, 11) is 0. The second-order valence-electron chi connectivity index (χ2n) is 6.13. The van der Waals surface area contributed by atoms with Crippen LogP contribution in [0.2, 0.25) is 10.0 Å². The van der Waals surface area contributed by atoms with E-state index in [0.29, 0.717) is 5.02 Å². The maximum absolute atomic E-state index is 12.5. The van der Waals surface area contributed by atoms with E-state index in [-0.39, 0.29) is 16.5 Å². The third kappa shape index (κ3) is 4.34. The number of aromatic nitrogens is 2. The Balaban J connectivity index is 1.68. The Morgan fingerprint density at radius 1 is 0.931 bits per heavy atom. The van der Waals surface area contributed by atoms with Gasteiger partial charge in [-0.3, -0.25) is 15.6 Å². The van der Waals surface area contributed by atoms with Crippen LogP contribution in [0, 0.1) is 0 Å². The van der Waals surface area contributed by atoms with Gasteiger partial charge in [-0.2, -0.15) is 0 Å². The minimum absolute atomic E-state index is 0.255. The number of hydrazine groups is 1. The fourth-order valence-electron chi connectivity index (χ4n) is 2.83. The fraction of sp³-hybridized carbons (Fsp3) is 0. The van der Waals surface area contributed by atoms with E-state index in [9.17, 15) is 4.79 Å². The van der Waals surface area contributed by atoms with Crippen LogP contribution in [0.1, 0.15) is 10.4 Å². The molecule has 0 bridgehead atoms. The summed E-state index contributed by atoms with van der Waals surface area (Å²) in [6.45, 7) is 0. The first kappa shape index (κ1) is 19.6. The number of carbonyl (C=O) groups excluding carboxylic acids is 1. The van der Waals surface area contributed by atoms with E-state index >= 15 is 0 Å². The zero-order valence-electron chi connectivity index (χ0n) is 14.8. The van der Waals surface area contributed by atoms with Crippen molar-refractivity contribution in [1.82, 2.24) is 15.4 Å². The predicted molar refractivity (Wildman–Crippen MR) is 120 cm³/mol. The minimum Gasteiger partial charge on any atom is -0.267 e. The van der Waals surface area contributed by atoms with Gasteiger partial charge in [-0.15, -0.1) is 0 Å². The molecule has 2 N–H and O–H groups in total. The Bertz CT molecular complexity index is 1220. The average molecular weight is 488 g/mol. The maximum atomic E-state index is 12.5. The number of hydrogen-bond donors (Lipinski definition) is 2. The highest BCUT2D eigenvalue weighted by molar-refractivity contribution is 9.10. The molecule has 5 nitrogen and oxygen atoms in total. The lowest BCUT2D eigenvalue weighted by molar-refractivity contribution is 0.0962. The number of fused-ring (bicyclic) bond motifs is 1. The molecular weight excluding hydrogens is 475 g/mol. The number of amides is 1. The Morgan fingerprint density at radius 3 is 2.48 bits per heavy atom. The van der Waals surface area contributed by atoms with Gasteiger partial charge >= 0.3 is 0 Å². The van der Waals surface area contributed by atoms with Crippen molar-refractivity contribution in [3.8, 4) is 11.3 Å². The van der Waals surface area contributed by atoms with Gasteiger partial charge in [0, 0.05) is 20.4 Å². The van der Waals surface area contributed by atoms with Gasteiger partial charge in [-0.1, -0.05) is 69.5 Å². The highest BCUT2D eigenvalue weighted by Gasteiger charge is 2.13. The van der Waals surface area contributed by atoms with Crippen molar-refractivity contribution in [1.29, 1.82) is 0 Å². The molecule has 29 heavy (non-hydrogen) atoms. The van der Waals surface area contributed by atoms with Crippen molar-refractivity contribution in [3.63, 3.8) is 0 Å². The molecule has 1 heterocycles. The SMILES string of the molecule is O=C(NNc1nc(-c2ccccc2)c2ccc(Br)cc2n1)c1ccc(Cl)cc1Cl. The molecule has 0 radical (unpaired) electrons. The van der Waals surface area contributed by atoms with Crippen LogP contribution >= 0.6 is 39.1 Å². The monoisotopic (exact) mass is 486 g/mol. The van der Waals surface area contributed by atoms with E-state index in [0.717, 1.165) is 26.6 Å². The van der Waals surface area contributed by atoms with Crippen molar-refractivity contribution < 1.29 is 4.79 Å². The molecule has 0 atom stereocenters. The molecule has 3 aromatic carbocycles. The van der Waals surface area contributed by atoms with E-state index < -0.39 is 5.91 Å². The van der Waals surface area contributed by atoms with Crippen molar-refractivity contribution in [2.75, 3.05) is 5.43 Å². The zero-order chi connectivity index (χ0) is 20.4. The summed E-state index contributed by atoms with van der Waals surface area (Å²) >= 11 is 15.4. The first-order valence-electron chi connectivity index (χ1n) is 8.55. The van der Waals surface area contributed by atoms with Crippen molar-refractivity contribution in [3.05, 3.63) is 86.8 Å². The Kier molecular flexibility index (Phi) is 5.67. The molecule has 0 saturated carbocycles. The number of carbonyl (C=O) groups is 1. The number of anilines is 1. The van der Waals surface area contributed by atoms with E-state index in [4.69, 9.17) is 23.2 Å². The minimum atomic E-state index is -0.425. The van der Waals surface area contributed by atoms with Gasteiger partial charge in [-0.25, -0.2) is 9.97 Å². The fourth-order valence-corrected chi connectivity index (χ4v) is 3.67. The molecule has 8 heteroatoms. The molecular formula is C21H13BrCl2N4O. The lowest BCUT2D eigenvalue weighted by Crippen LogP contribution is -2.30. The van der Waals surface area contributed by atoms with Crippen molar-refractivity contribution >= 4 is 61.9 Å². The smallest absolute Gasteiger partial charge is 0.267 e. The maximum Gasteiger partial charge on any atom is 0.271 e. The molecule has 0 aliphatic rings. The van der Waals surface area contributed by atoms with Crippen LogP contribution in [0.5, 0.6) is 0 Å². The number of nitrogens with one attached hydrogen (secondary N) is 2. The van der Waals surface area contributed by atoms with Crippen LogP contribution in [0.3, 0.4) is 0 Å². The molecule has 0 saturated heterocycles. The second kappa shape index (κ2) is 8.37. The van der Waals surface area contributed by atoms with Crippen LogP contribution in [0.25, 0.3) is 22.2 Å². The third-order valence-electron chi connectivity index (χ3n) is 4.17. The Hall–Kier alpha value is -2.67. The number of hydrogen-bond acceptors (Lipinski definition) is 4.